The van der Waals surface area contributed by atoms with Crippen LogP contribution in [-0.2, 0) is 33.4 Å². The smallest absolute Gasteiger partial charge is 0.410 e. The molecule has 0 N–H and O–H groups in total. The normalized spacial score (nSPS) is 22.7. The lowest BCUT2D eigenvalue weighted by molar-refractivity contribution is -0.136. The molecule has 10 heteroatoms. The Bertz CT molecular complexity index is 1500. The van der Waals surface area contributed by atoms with E-state index in [1.54, 1.807) is 6.92 Å². The van der Waals surface area contributed by atoms with Crippen LogP contribution in [-0.4, -0.2) is 78.9 Å². The number of rotatable bonds is 14. The van der Waals surface area contributed by atoms with E-state index in [-0.39, 0.29) is 68.1 Å². The number of nitrogens with zero attached hydrogens (tertiary/aromatic N) is 2. The number of hydrogen-bond acceptors (Lipinski definition) is 9. The number of esters is 1. The second-order valence-corrected chi connectivity index (χ2v) is 13.4. The van der Waals surface area contributed by atoms with Crippen molar-refractivity contribution in [3.63, 3.8) is 0 Å². The number of carbonyl (C=O) groups excluding carboxylic acids is 4. The molecule has 0 radical (unpaired) electrons. The first-order valence-electron chi connectivity index (χ1n) is 16.9. The summed E-state index contributed by atoms with van der Waals surface area (Å²) in [6.07, 6.45) is 3.00. The van der Waals surface area contributed by atoms with Crippen molar-refractivity contribution in [2.45, 2.75) is 88.9 Å². The van der Waals surface area contributed by atoms with Gasteiger partial charge in [-0.2, -0.15) is 0 Å². The predicted molar refractivity (Wildman–Crippen MR) is 174 cm³/mol. The summed E-state index contributed by atoms with van der Waals surface area (Å²) in [4.78, 5) is 61.0. The van der Waals surface area contributed by atoms with Gasteiger partial charge in [0.25, 0.3) is 0 Å². The van der Waals surface area contributed by atoms with E-state index < -0.39 is 29.8 Å². The molecule has 2 heterocycles. The number of methoxy groups -OCH3 is 1. The van der Waals surface area contributed by atoms with Gasteiger partial charge in [-0.25, -0.2) is 9.59 Å². The Labute approximate surface area is 275 Å². The third kappa shape index (κ3) is 6.84. The van der Waals surface area contributed by atoms with Crippen LogP contribution in [0.2, 0.25) is 0 Å². The zero-order valence-electron chi connectivity index (χ0n) is 27.4. The number of benzene rings is 2. The summed E-state index contributed by atoms with van der Waals surface area (Å²) in [5.74, 6) is -0.794. The van der Waals surface area contributed by atoms with E-state index in [0.717, 1.165) is 41.5 Å². The molecule has 0 aromatic heterocycles. The molecule has 1 amide bonds. The molecule has 4 aliphatic rings. The topological polar surface area (TPSA) is 121 Å². The Hall–Kier alpha value is -4.05. The number of likely N-dealkylation sites (tertiary alicyclic amines) is 1. The van der Waals surface area contributed by atoms with E-state index >= 15 is 0 Å². The third-order valence-electron chi connectivity index (χ3n) is 10.0. The maximum Gasteiger partial charge on any atom is 0.410 e. The first-order valence-corrected chi connectivity index (χ1v) is 16.9. The molecule has 2 fully saturated rings. The highest BCUT2D eigenvalue weighted by Gasteiger charge is 2.55. The Morgan fingerprint density at radius 2 is 1.68 bits per heavy atom. The van der Waals surface area contributed by atoms with Gasteiger partial charge in [-0.15, -0.1) is 0 Å². The summed E-state index contributed by atoms with van der Waals surface area (Å²) in [7, 11) is 1.52. The van der Waals surface area contributed by atoms with Crippen LogP contribution in [0.25, 0.3) is 11.1 Å². The Balaban J connectivity index is 1.21. The minimum Gasteiger partial charge on any atom is -0.461 e. The van der Waals surface area contributed by atoms with Gasteiger partial charge >= 0.3 is 12.1 Å². The number of amides is 1. The van der Waals surface area contributed by atoms with Gasteiger partial charge in [-0.1, -0.05) is 67.0 Å². The van der Waals surface area contributed by atoms with Gasteiger partial charge in [0.15, 0.2) is 22.9 Å². The molecule has 1 saturated heterocycles. The van der Waals surface area contributed by atoms with Crippen molar-refractivity contribution in [1.82, 2.24) is 4.90 Å². The van der Waals surface area contributed by atoms with Crippen molar-refractivity contribution >= 4 is 29.3 Å². The first-order chi connectivity index (χ1) is 22.8. The summed E-state index contributed by atoms with van der Waals surface area (Å²) in [6, 6.07) is 15.3. The van der Waals surface area contributed by atoms with E-state index in [2.05, 4.69) is 29.4 Å². The second-order valence-electron chi connectivity index (χ2n) is 13.4. The van der Waals surface area contributed by atoms with E-state index in [9.17, 15) is 19.2 Å². The molecular formula is C37H44N2O8. The van der Waals surface area contributed by atoms with Gasteiger partial charge in [0.05, 0.1) is 19.2 Å². The third-order valence-corrected chi connectivity index (χ3v) is 10.0. The number of oxime groups is 1. The van der Waals surface area contributed by atoms with Gasteiger partial charge in [0, 0.05) is 38.7 Å². The predicted octanol–water partition coefficient (Wildman–Crippen LogP) is 5.85. The van der Waals surface area contributed by atoms with Crippen LogP contribution < -0.4 is 0 Å². The van der Waals surface area contributed by atoms with Crippen molar-refractivity contribution in [3.8, 4) is 11.1 Å². The van der Waals surface area contributed by atoms with Crippen molar-refractivity contribution in [1.29, 1.82) is 0 Å². The quantitative estimate of drug-likeness (QED) is 0.235. The largest absolute Gasteiger partial charge is 0.461 e. The number of ether oxygens (including phenoxy) is 3. The summed E-state index contributed by atoms with van der Waals surface area (Å²) >= 11 is 0. The van der Waals surface area contributed by atoms with E-state index in [4.69, 9.17) is 19.0 Å². The fourth-order valence-corrected chi connectivity index (χ4v) is 7.58. The SMILES string of the molecule is CCC[C@H](CC(=O)[C@@H]1C[C@]2(CC(C(=O)OCC)=NO2)CN1C(=O)OCC1c2ccccc2-c2ccccc21)C(OC)C(=O)CC1CC1. The van der Waals surface area contributed by atoms with Gasteiger partial charge in [-0.3, -0.25) is 14.5 Å². The van der Waals surface area contributed by atoms with E-state index in [1.807, 2.05) is 31.2 Å². The minimum absolute atomic E-state index is 0.0270. The Morgan fingerprint density at radius 3 is 2.30 bits per heavy atom. The van der Waals surface area contributed by atoms with Crippen LogP contribution in [0.5, 0.6) is 0 Å². The lowest BCUT2D eigenvalue weighted by Crippen LogP contribution is -2.43. The number of Topliss-reactive ketones (excluding diaryl/α,β-unsaturated/α-hetero) is 2. The van der Waals surface area contributed by atoms with Crippen LogP contribution in [0, 0.1) is 11.8 Å². The van der Waals surface area contributed by atoms with Crippen molar-refractivity contribution in [2.24, 2.45) is 17.0 Å². The summed E-state index contributed by atoms with van der Waals surface area (Å²) in [5.41, 5.74) is 3.47. The molecule has 2 aromatic carbocycles. The molecule has 2 aliphatic heterocycles. The monoisotopic (exact) mass is 644 g/mol. The molecule has 0 bridgehead atoms. The molecule has 1 saturated carbocycles. The van der Waals surface area contributed by atoms with E-state index in [0.29, 0.717) is 18.8 Å². The average Bonchev–Trinajstić information content (AvgIpc) is 3.53. The molecule has 250 valence electrons. The van der Waals surface area contributed by atoms with Gasteiger partial charge in [0.1, 0.15) is 12.7 Å². The van der Waals surface area contributed by atoms with Crippen LogP contribution in [0.15, 0.2) is 53.7 Å². The number of ketones is 2. The van der Waals surface area contributed by atoms with Crippen LogP contribution in [0.4, 0.5) is 4.79 Å². The first kappa shape index (κ1) is 32.9. The molecule has 10 nitrogen and oxygen atoms in total. The molecule has 1 unspecified atom stereocenters. The van der Waals surface area contributed by atoms with Gasteiger partial charge < -0.3 is 19.0 Å². The number of hydrogen-bond donors (Lipinski definition) is 0. The lowest BCUT2D eigenvalue weighted by atomic mass is 9.85. The van der Waals surface area contributed by atoms with Crippen LogP contribution in [0.1, 0.15) is 82.3 Å². The Morgan fingerprint density at radius 1 is 1.00 bits per heavy atom. The minimum atomic E-state index is -1.06. The molecule has 4 atom stereocenters. The molecule has 2 aromatic rings. The maximum absolute atomic E-state index is 14.2. The summed E-state index contributed by atoms with van der Waals surface area (Å²) in [6.45, 7) is 4.05. The Kier molecular flexibility index (Phi) is 9.77. The molecule has 2 aliphatic carbocycles. The maximum atomic E-state index is 14.2. The lowest BCUT2D eigenvalue weighted by Gasteiger charge is -2.28. The highest BCUT2D eigenvalue weighted by atomic mass is 16.7. The van der Waals surface area contributed by atoms with Gasteiger partial charge in [-0.05, 0) is 60.3 Å². The molecule has 6 rings (SSSR count). The van der Waals surface area contributed by atoms with Crippen molar-refractivity contribution in [2.75, 3.05) is 26.9 Å². The zero-order valence-corrected chi connectivity index (χ0v) is 27.4. The highest BCUT2D eigenvalue weighted by molar-refractivity contribution is 6.36. The summed E-state index contributed by atoms with van der Waals surface area (Å²) in [5, 5.41) is 4.01. The summed E-state index contributed by atoms with van der Waals surface area (Å²) < 4.78 is 16.8. The van der Waals surface area contributed by atoms with E-state index in [1.165, 1.54) is 12.0 Å². The second kappa shape index (κ2) is 14.0. The van der Waals surface area contributed by atoms with Crippen molar-refractivity contribution < 1.29 is 38.2 Å². The average molecular weight is 645 g/mol. The fraction of sp³-hybridized carbons (Fsp3) is 0.541. The number of carbonyl (C=O) groups is 4. The van der Waals surface area contributed by atoms with Gasteiger partial charge in [0.2, 0.25) is 0 Å². The molecule has 47 heavy (non-hydrogen) atoms. The molecular weight excluding hydrogens is 600 g/mol. The zero-order chi connectivity index (χ0) is 33.1. The fourth-order valence-electron chi connectivity index (χ4n) is 7.58. The van der Waals surface area contributed by atoms with Crippen LogP contribution in [0.3, 0.4) is 0 Å². The standard InChI is InChI=1S/C37H44N2O8/c1-4-10-24(34(44-3)33(41)17-23-15-16-23)18-32(40)31-20-37(19-30(38-47-37)35(42)45-5-2)22-39(31)36(43)46-21-29-27-13-8-6-11-25(27)26-12-7-9-14-28(26)29/h6-9,11-14,23-24,29,31,34H,4-5,10,15-22H2,1-3H3/t24-,31+,34?,37-/m1/s1. The molecule has 1 spiro atoms. The highest BCUT2D eigenvalue weighted by Crippen LogP contribution is 2.45. The number of fused-ring (bicyclic) bond motifs is 3. The van der Waals surface area contributed by atoms with Crippen molar-refractivity contribution in [3.05, 3.63) is 59.7 Å². The van der Waals surface area contributed by atoms with Crippen LogP contribution >= 0.6 is 0 Å².